The monoisotopic (exact) mass is 701 g/mol. The maximum Gasteiger partial charge on any atom is 0.328 e. The number of aromatic nitrogens is 1. The third-order valence-corrected chi connectivity index (χ3v) is 9.00. The van der Waals surface area contributed by atoms with Gasteiger partial charge in [-0.1, -0.05) is 72.3 Å². The number of esters is 1. The largest absolute Gasteiger partial charge is 0.467 e. The van der Waals surface area contributed by atoms with Crippen LogP contribution in [0.2, 0.25) is 5.02 Å². The Morgan fingerprint density at radius 3 is 2.24 bits per heavy atom. The molecule has 0 aliphatic heterocycles. The van der Waals surface area contributed by atoms with Crippen LogP contribution in [0.15, 0.2) is 90.1 Å². The van der Waals surface area contributed by atoms with Crippen LogP contribution in [0.25, 0.3) is 10.9 Å². The summed E-state index contributed by atoms with van der Waals surface area (Å²) < 4.78 is 5.07. The number of hydrogen-bond acceptors (Lipinski definition) is 6. The molecule has 1 aromatic heterocycles. The number of nitrogens with zero attached hydrogens (tertiary/aromatic N) is 1. The normalized spacial score (nSPS) is 14.0. The van der Waals surface area contributed by atoms with Crippen molar-refractivity contribution in [2.24, 2.45) is 22.4 Å². The van der Waals surface area contributed by atoms with Crippen LogP contribution < -0.4 is 27.4 Å². The Kier molecular flexibility index (Phi) is 14.7. The molecule has 0 aliphatic rings. The fraction of sp³-hybridized carbons (Fsp3) is 0.368. The van der Waals surface area contributed by atoms with Gasteiger partial charge in [0.1, 0.15) is 12.1 Å². The summed E-state index contributed by atoms with van der Waals surface area (Å²) in [6.07, 6.45) is 5.04. The Bertz CT molecular complexity index is 1710. The van der Waals surface area contributed by atoms with Crippen molar-refractivity contribution < 1.29 is 19.1 Å². The highest BCUT2D eigenvalue weighted by atomic mass is 35.5. The summed E-state index contributed by atoms with van der Waals surface area (Å²) in [7, 11) is 2.86. The fourth-order valence-corrected chi connectivity index (χ4v) is 6.08. The quantitative estimate of drug-likeness (QED) is 0.0393. The molecule has 4 atom stereocenters. The Balaban J connectivity index is 1.50. The van der Waals surface area contributed by atoms with E-state index in [-0.39, 0.29) is 30.8 Å². The molecule has 50 heavy (non-hydrogen) atoms. The first-order chi connectivity index (χ1) is 24.2. The van der Waals surface area contributed by atoms with Gasteiger partial charge in [0.15, 0.2) is 5.96 Å². The van der Waals surface area contributed by atoms with Crippen molar-refractivity contribution in [3.8, 4) is 0 Å². The van der Waals surface area contributed by atoms with Crippen molar-refractivity contribution in [3.05, 3.63) is 107 Å². The van der Waals surface area contributed by atoms with Crippen LogP contribution in [-0.2, 0) is 38.4 Å². The van der Waals surface area contributed by atoms with Gasteiger partial charge in [-0.05, 0) is 73.4 Å². The molecule has 11 nitrogen and oxygen atoms in total. The average Bonchev–Trinajstić information content (AvgIpc) is 3.54. The molecule has 266 valence electrons. The summed E-state index contributed by atoms with van der Waals surface area (Å²) >= 11 is 6.05. The number of methoxy groups -OCH3 is 1. The number of H-pyrrole nitrogens is 1. The van der Waals surface area contributed by atoms with E-state index in [2.05, 4.69) is 25.9 Å². The Morgan fingerprint density at radius 1 is 0.840 bits per heavy atom. The number of nitrogens with two attached hydrogens (primary N) is 2. The van der Waals surface area contributed by atoms with Gasteiger partial charge in [-0.15, -0.1) is 0 Å². The van der Waals surface area contributed by atoms with Gasteiger partial charge in [0.2, 0.25) is 11.8 Å². The number of carbonyl (C=O) groups is 3. The van der Waals surface area contributed by atoms with E-state index < -0.39 is 29.9 Å². The standard InChI is InChI=1S/C38H48ClN7O4/c1-42-38(41)43-20-8-13-33(36(48)46-34(37(49)50-2)23-28-24-44-32-12-7-6-11-31(28)32)45-35(47)27(21-25-9-4-3-5-10-25)16-19-30(40)22-26-14-17-29(39)18-15-26/h3-7,9-12,14-15,17-18,24,27,30,33-34,44H,8,13,16,19-23,40H2,1-2H3,(H,45,47)(H,46,48)(H3,41,42,43)/t27-,30-,33+,34+/m1/s1. The second kappa shape index (κ2) is 19.4. The van der Waals surface area contributed by atoms with E-state index in [9.17, 15) is 14.4 Å². The third kappa shape index (κ3) is 11.6. The lowest BCUT2D eigenvalue weighted by Crippen LogP contribution is -2.53. The van der Waals surface area contributed by atoms with E-state index >= 15 is 0 Å². The summed E-state index contributed by atoms with van der Waals surface area (Å²) in [4.78, 5) is 48.0. The second-order valence-electron chi connectivity index (χ2n) is 12.4. The van der Waals surface area contributed by atoms with Crippen LogP contribution >= 0.6 is 11.6 Å². The minimum atomic E-state index is -0.974. The molecule has 2 amide bonds. The molecule has 4 aromatic rings. The fourth-order valence-electron chi connectivity index (χ4n) is 5.95. The molecule has 0 unspecified atom stereocenters. The van der Waals surface area contributed by atoms with Crippen molar-refractivity contribution in [3.63, 3.8) is 0 Å². The molecular formula is C38H48ClN7O4. The van der Waals surface area contributed by atoms with Gasteiger partial charge >= 0.3 is 5.97 Å². The number of fused-ring (bicyclic) bond motifs is 1. The van der Waals surface area contributed by atoms with Crippen LogP contribution in [0.5, 0.6) is 0 Å². The smallest absolute Gasteiger partial charge is 0.328 e. The number of rotatable bonds is 18. The Hall–Kier alpha value is -4.87. The number of hydrogen-bond donors (Lipinski definition) is 6. The van der Waals surface area contributed by atoms with Crippen LogP contribution in [-0.4, -0.2) is 67.6 Å². The maximum atomic E-state index is 14.0. The maximum absolute atomic E-state index is 14.0. The van der Waals surface area contributed by atoms with Crippen molar-refractivity contribution in [2.45, 2.75) is 63.1 Å². The number of benzene rings is 3. The molecule has 1 heterocycles. The van der Waals surface area contributed by atoms with Gasteiger partial charge in [0, 0.05) is 54.1 Å². The first-order valence-corrected chi connectivity index (χ1v) is 17.3. The number of aliphatic imine (C=N–C) groups is 1. The van der Waals surface area contributed by atoms with Gasteiger partial charge in [-0.25, -0.2) is 4.79 Å². The van der Waals surface area contributed by atoms with E-state index in [0.717, 1.165) is 27.6 Å². The summed E-state index contributed by atoms with van der Waals surface area (Å²) in [5.74, 6) is -1.51. The van der Waals surface area contributed by atoms with Crippen LogP contribution in [0.4, 0.5) is 0 Å². The highest BCUT2D eigenvalue weighted by Crippen LogP contribution is 2.21. The predicted octanol–water partition coefficient (Wildman–Crippen LogP) is 4.03. The number of nitrogens with one attached hydrogen (secondary N) is 4. The summed E-state index contributed by atoms with van der Waals surface area (Å²) in [6, 6.07) is 23.0. The molecule has 0 spiro atoms. The zero-order valence-electron chi connectivity index (χ0n) is 28.7. The third-order valence-electron chi connectivity index (χ3n) is 8.74. The van der Waals surface area contributed by atoms with Crippen molar-refractivity contribution in [1.29, 1.82) is 0 Å². The number of halogens is 1. The van der Waals surface area contributed by atoms with E-state index in [1.807, 2.05) is 85.1 Å². The van der Waals surface area contributed by atoms with Crippen molar-refractivity contribution >= 4 is 46.2 Å². The van der Waals surface area contributed by atoms with Gasteiger partial charge in [0.25, 0.3) is 0 Å². The zero-order valence-corrected chi connectivity index (χ0v) is 29.4. The van der Waals surface area contributed by atoms with Crippen molar-refractivity contribution in [1.82, 2.24) is 20.9 Å². The summed E-state index contributed by atoms with van der Waals surface area (Å²) in [6.45, 7) is 0.436. The highest BCUT2D eigenvalue weighted by Gasteiger charge is 2.30. The summed E-state index contributed by atoms with van der Waals surface area (Å²) in [5.41, 5.74) is 16.2. The number of guanidine groups is 1. The molecule has 0 bridgehead atoms. The first kappa shape index (κ1) is 37.9. The first-order valence-electron chi connectivity index (χ1n) is 16.9. The number of aromatic amines is 1. The molecule has 0 fully saturated rings. The molecular weight excluding hydrogens is 654 g/mol. The summed E-state index contributed by atoms with van der Waals surface area (Å²) in [5, 5.41) is 10.5. The minimum Gasteiger partial charge on any atom is -0.467 e. The number of ether oxygens (including phenoxy) is 1. The average molecular weight is 702 g/mol. The molecule has 0 radical (unpaired) electrons. The van der Waals surface area contributed by atoms with Crippen LogP contribution in [0.3, 0.4) is 0 Å². The SMILES string of the molecule is CN=C(N)NCCC[C@H](NC(=O)[C@H](CC[C@@H](N)Cc1ccc(Cl)cc1)Cc1ccccc1)C(=O)N[C@@H](Cc1c[nH]c2ccccc12)C(=O)OC. The molecule has 0 aliphatic carbocycles. The van der Waals surface area contributed by atoms with Gasteiger partial charge in [-0.3, -0.25) is 14.6 Å². The highest BCUT2D eigenvalue weighted by molar-refractivity contribution is 6.30. The van der Waals surface area contributed by atoms with Crippen LogP contribution in [0.1, 0.15) is 42.4 Å². The number of para-hydroxylation sites is 1. The van der Waals surface area contributed by atoms with E-state index in [0.29, 0.717) is 43.7 Å². The van der Waals surface area contributed by atoms with Gasteiger partial charge < -0.3 is 37.1 Å². The lowest BCUT2D eigenvalue weighted by Gasteiger charge is -2.25. The van der Waals surface area contributed by atoms with E-state index in [1.54, 1.807) is 7.05 Å². The number of carbonyl (C=O) groups excluding carboxylic acids is 3. The molecule has 0 saturated carbocycles. The Labute approximate surface area is 298 Å². The number of amides is 2. The molecule has 0 saturated heterocycles. The zero-order chi connectivity index (χ0) is 35.9. The lowest BCUT2D eigenvalue weighted by molar-refractivity contribution is -0.145. The predicted molar refractivity (Wildman–Crippen MR) is 199 cm³/mol. The molecule has 8 N–H and O–H groups in total. The molecule has 12 heteroatoms. The van der Waals surface area contributed by atoms with Gasteiger partial charge in [0.05, 0.1) is 7.11 Å². The van der Waals surface area contributed by atoms with E-state index in [4.69, 9.17) is 27.8 Å². The lowest BCUT2D eigenvalue weighted by atomic mass is 9.90. The topological polar surface area (TPSA) is 177 Å². The van der Waals surface area contributed by atoms with E-state index in [1.165, 1.54) is 7.11 Å². The minimum absolute atomic E-state index is 0.177. The van der Waals surface area contributed by atoms with Crippen molar-refractivity contribution in [2.75, 3.05) is 20.7 Å². The Morgan fingerprint density at radius 2 is 1.52 bits per heavy atom. The van der Waals surface area contributed by atoms with Crippen LogP contribution in [0, 0.1) is 5.92 Å². The molecule has 3 aromatic carbocycles. The van der Waals surface area contributed by atoms with Gasteiger partial charge in [-0.2, -0.15) is 0 Å². The molecule has 4 rings (SSSR count). The second-order valence-corrected chi connectivity index (χ2v) is 12.9.